The molecule has 0 saturated carbocycles. The van der Waals surface area contributed by atoms with Crippen molar-refractivity contribution in [3.63, 3.8) is 0 Å². The molecule has 10 heteroatoms. The molecule has 0 spiro atoms. The Hall–Kier alpha value is -5.77. The fourth-order valence-electron chi connectivity index (χ4n) is 4.88. The molecule has 0 bridgehead atoms. The Labute approximate surface area is 232 Å². The molecule has 0 saturated heterocycles. The number of halogens is 1. The van der Waals surface area contributed by atoms with Gasteiger partial charge in [0.25, 0.3) is 0 Å². The first kappa shape index (κ1) is 24.3. The number of nitrogens with one attached hydrogen (secondary N) is 3. The second kappa shape index (κ2) is 10.1. The number of carbonyl (C=O) groups is 1. The van der Waals surface area contributed by atoms with Crippen LogP contribution >= 0.6 is 0 Å². The van der Waals surface area contributed by atoms with Crippen molar-refractivity contribution in [2.75, 3.05) is 5.32 Å². The first-order chi connectivity index (χ1) is 20.1. The van der Waals surface area contributed by atoms with Gasteiger partial charge in [-0.15, -0.1) is 0 Å². The number of imidazole rings is 1. The highest BCUT2D eigenvalue weighted by atomic mass is 19.1. The van der Waals surface area contributed by atoms with Crippen LogP contribution in [0.15, 0.2) is 97.7 Å². The summed E-state index contributed by atoms with van der Waals surface area (Å²) in [6, 6.07) is 20.0. The Morgan fingerprint density at radius 1 is 0.878 bits per heavy atom. The van der Waals surface area contributed by atoms with E-state index < -0.39 is 5.82 Å². The van der Waals surface area contributed by atoms with Gasteiger partial charge in [0.15, 0.2) is 11.5 Å². The lowest BCUT2D eigenvalue weighted by molar-refractivity contribution is -0.115. The molecule has 0 aliphatic carbocycles. The smallest absolute Gasteiger partial charge is 0.228 e. The number of benzene rings is 2. The molecule has 5 heterocycles. The number of carbonyl (C=O) groups excluding carboxylic acids is 1. The first-order valence-electron chi connectivity index (χ1n) is 12.8. The molecular formula is C31H21FN8O. The molecule has 0 radical (unpaired) electrons. The monoisotopic (exact) mass is 540 g/mol. The van der Waals surface area contributed by atoms with Gasteiger partial charge in [0.05, 0.1) is 29.3 Å². The standard InChI is InChI=1S/C31H21FN8O/c32-25-15-26-24(14-23(25)20-13-21(17-34-16-20)36-27(41)12-18-4-2-1-3-5-18)29(40-39-26)31-37-28-22(8-11-35-30(28)38-31)19-6-9-33-10-7-19/h1-11,13-17H,12H2,(H,36,41)(H,39,40)(H,35,37,38). The number of amides is 1. The lowest BCUT2D eigenvalue weighted by Crippen LogP contribution is -2.14. The SMILES string of the molecule is O=C(Cc1ccccc1)Nc1cncc(-c2cc3c(-c4nc5nccc(-c6ccncc6)c5[nH]4)n[nH]c3cc2F)c1. The zero-order valence-electron chi connectivity index (χ0n) is 21.5. The molecule has 0 aliphatic heterocycles. The summed E-state index contributed by atoms with van der Waals surface area (Å²) in [5.74, 6) is -0.140. The van der Waals surface area contributed by atoms with Crippen LogP contribution in [0.1, 0.15) is 5.56 Å². The van der Waals surface area contributed by atoms with Crippen LogP contribution in [0.5, 0.6) is 0 Å². The molecule has 7 aromatic rings. The number of fused-ring (bicyclic) bond motifs is 2. The molecule has 3 N–H and O–H groups in total. The molecule has 1 amide bonds. The van der Waals surface area contributed by atoms with E-state index in [0.29, 0.717) is 44.9 Å². The van der Waals surface area contributed by atoms with Gasteiger partial charge < -0.3 is 10.3 Å². The lowest BCUT2D eigenvalue weighted by Gasteiger charge is -2.09. The van der Waals surface area contributed by atoms with Crippen LogP contribution in [0.4, 0.5) is 10.1 Å². The second-order valence-corrected chi connectivity index (χ2v) is 9.50. The summed E-state index contributed by atoms with van der Waals surface area (Å²) in [4.78, 5) is 33.4. The second-order valence-electron chi connectivity index (χ2n) is 9.50. The van der Waals surface area contributed by atoms with Gasteiger partial charge in [0.2, 0.25) is 5.91 Å². The van der Waals surface area contributed by atoms with Crippen LogP contribution in [0.25, 0.3) is 55.8 Å². The Bertz CT molecular complexity index is 2040. The van der Waals surface area contributed by atoms with E-state index in [1.807, 2.05) is 48.5 Å². The third-order valence-electron chi connectivity index (χ3n) is 6.80. The average molecular weight is 541 g/mol. The van der Waals surface area contributed by atoms with Crippen molar-refractivity contribution >= 4 is 33.7 Å². The number of H-pyrrole nitrogens is 2. The number of hydrogen-bond acceptors (Lipinski definition) is 6. The maximum absolute atomic E-state index is 15.3. The van der Waals surface area contributed by atoms with Crippen molar-refractivity contribution in [3.8, 4) is 33.8 Å². The van der Waals surface area contributed by atoms with Crippen molar-refractivity contribution in [3.05, 3.63) is 109 Å². The molecule has 41 heavy (non-hydrogen) atoms. The maximum atomic E-state index is 15.3. The fourth-order valence-corrected chi connectivity index (χ4v) is 4.88. The molecule has 9 nitrogen and oxygen atoms in total. The highest BCUT2D eigenvalue weighted by Crippen LogP contribution is 2.34. The molecule has 0 unspecified atom stereocenters. The Balaban J connectivity index is 1.24. The van der Waals surface area contributed by atoms with E-state index in [2.05, 4.69) is 40.4 Å². The molecule has 5 aromatic heterocycles. The summed E-state index contributed by atoms with van der Waals surface area (Å²) in [6.07, 6.45) is 8.48. The van der Waals surface area contributed by atoms with E-state index in [1.54, 1.807) is 36.9 Å². The average Bonchev–Trinajstić information content (AvgIpc) is 3.61. The highest BCUT2D eigenvalue weighted by molar-refractivity contribution is 5.98. The van der Waals surface area contributed by atoms with E-state index in [9.17, 15) is 4.79 Å². The van der Waals surface area contributed by atoms with Gasteiger partial charge in [-0.1, -0.05) is 30.3 Å². The number of aromatic amines is 2. The third-order valence-corrected chi connectivity index (χ3v) is 6.80. The maximum Gasteiger partial charge on any atom is 0.228 e. The number of rotatable bonds is 6. The van der Waals surface area contributed by atoms with Gasteiger partial charge in [-0.2, -0.15) is 5.10 Å². The predicted octanol–water partition coefficient (Wildman–Crippen LogP) is 5.95. The summed E-state index contributed by atoms with van der Waals surface area (Å²) < 4.78 is 15.3. The molecule has 2 aromatic carbocycles. The van der Waals surface area contributed by atoms with E-state index in [0.717, 1.165) is 22.2 Å². The van der Waals surface area contributed by atoms with Crippen LogP contribution in [-0.4, -0.2) is 41.0 Å². The fraction of sp³-hybridized carbons (Fsp3) is 0.0323. The van der Waals surface area contributed by atoms with Crippen molar-refractivity contribution in [1.29, 1.82) is 0 Å². The minimum absolute atomic E-state index is 0.187. The van der Waals surface area contributed by atoms with E-state index in [1.165, 1.54) is 12.3 Å². The van der Waals surface area contributed by atoms with Crippen molar-refractivity contribution in [1.82, 2.24) is 35.1 Å². The van der Waals surface area contributed by atoms with Gasteiger partial charge in [0.1, 0.15) is 11.5 Å². The molecule has 198 valence electrons. The van der Waals surface area contributed by atoms with Crippen molar-refractivity contribution in [2.45, 2.75) is 6.42 Å². The molecule has 7 rings (SSSR count). The zero-order chi connectivity index (χ0) is 27.8. The minimum atomic E-state index is -0.450. The van der Waals surface area contributed by atoms with Gasteiger partial charge in [-0.25, -0.2) is 14.4 Å². The van der Waals surface area contributed by atoms with Gasteiger partial charge >= 0.3 is 0 Å². The number of hydrogen-bond donors (Lipinski definition) is 3. The van der Waals surface area contributed by atoms with E-state index >= 15 is 4.39 Å². The predicted molar refractivity (Wildman–Crippen MR) is 154 cm³/mol. The quantitative estimate of drug-likeness (QED) is 0.240. The van der Waals surface area contributed by atoms with Crippen molar-refractivity contribution in [2.24, 2.45) is 0 Å². The summed E-state index contributed by atoms with van der Waals surface area (Å²) in [5.41, 5.74) is 6.45. The summed E-state index contributed by atoms with van der Waals surface area (Å²) in [5, 5.41) is 10.9. The van der Waals surface area contributed by atoms with E-state index in [4.69, 9.17) is 0 Å². The largest absolute Gasteiger partial charge is 0.335 e. The topological polar surface area (TPSA) is 125 Å². The normalized spacial score (nSPS) is 11.2. The lowest BCUT2D eigenvalue weighted by atomic mass is 10.0. The number of anilines is 1. The Morgan fingerprint density at radius 3 is 2.59 bits per heavy atom. The van der Waals surface area contributed by atoms with Crippen LogP contribution in [0, 0.1) is 5.82 Å². The van der Waals surface area contributed by atoms with Gasteiger partial charge in [-0.05, 0) is 41.5 Å². The van der Waals surface area contributed by atoms with Gasteiger partial charge in [-0.3, -0.25) is 19.9 Å². The van der Waals surface area contributed by atoms with Crippen LogP contribution in [-0.2, 0) is 11.2 Å². The third kappa shape index (κ3) is 4.67. The van der Waals surface area contributed by atoms with E-state index in [-0.39, 0.29) is 12.3 Å². The zero-order valence-corrected chi connectivity index (χ0v) is 21.5. The van der Waals surface area contributed by atoms with Crippen molar-refractivity contribution < 1.29 is 9.18 Å². The number of pyridine rings is 3. The first-order valence-corrected chi connectivity index (χ1v) is 12.8. The van der Waals surface area contributed by atoms with Crippen LogP contribution in [0.2, 0.25) is 0 Å². The molecule has 0 aliphatic rings. The molecule has 0 atom stereocenters. The van der Waals surface area contributed by atoms with Crippen LogP contribution < -0.4 is 5.32 Å². The van der Waals surface area contributed by atoms with Crippen LogP contribution in [0.3, 0.4) is 0 Å². The minimum Gasteiger partial charge on any atom is -0.335 e. The Kier molecular flexibility index (Phi) is 5.97. The number of aromatic nitrogens is 7. The summed E-state index contributed by atoms with van der Waals surface area (Å²) in [7, 11) is 0. The van der Waals surface area contributed by atoms with Gasteiger partial charge in [0, 0.05) is 52.9 Å². The Morgan fingerprint density at radius 2 is 1.73 bits per heavy atom. The molecule has 0 fully saturated rings. The summed E-state index contributed by atoms with van der Waals surface area (Å²) >= 11 is 0. The number of nitrogens with zero attached hydrogens (tertiary/aromatic N) is 5. The highest BCUT2D eigenvalue weighted by Gasteiger charge is 2.18. The summed E-state index contributed by atoms with van der Waals surface area (Å²) in [6.45, 7) is 0. The molecular weight excluding hydrogens is 519 g/mol.